The summed E-state index contributed by atoms with van der Waals surface area (Å²) in [4.78, 5) is 29.1. The zero-order valence-corrected chi connectivity index (χ0v) is 18.7. The van der Waals surface area contributed by atoms with Gasteiger partial charge < -0.3 is 10.6 Å². The van der Waals surface area contributed by atoms with Crippen molar-refractivity contribution in [2.45, 2.75) is 11.7 Å². The molecule has 0 radical (unpaired) electrons. The molecule has 172 valence electrons. The molecule has 4 aromatic rings. The third-order valence-corrected chi connectivity index (χ3v) is 5.84. The molecule has 1 heterocycles. The predicted octanol–water partition coefficient (Wildman–Crippen LogP) is 4.81. The van der Waals surface area contributed by atoms with Crippen molar-refractivity contribution in [2.24, 2.45) is 0 Å². The van der Waals surface area contributed by atoms with Gasteiger partial charge in [0.1, 0.15) is 11.6 Å². The van der Waals surface area contributed by atoms with Gasteiger partial charge in [-0.05, 0) is 36.4 Å². The molecule has 0 bridgehead atoms. The van der Waals surface area contributed by atoms with E-state index in [2.05, 4.69) is 15.6 Å². The van der Waals surface area contributed by atoms with Crippen LogP contribution in [0.5, 0.6) is 0 Å². The SMILES string of the molecule is O=C(CSc1nccn1-c1cccc(C(=O)NCc2ccccc2F)c1)Nc1ccccc1F. The molecule has 0 unspecified atom stereocenters. The summed E-state index contributed by atoms with van der Waals surface area (Å²) in [5.41, 5.74) is 1.59. The van der Waals surface area contributed by atoms with Crippen LogP contribution >= 0.6 is 11.8 Å². The van der Waals surface area contributed by atoms with Gasteiger partial charge in [-0.25, -0.2) is 13.8 Å². The Morgan fingerprint density at radius 1 is 0.941 bits per heavy atom. The van der Waals surface area contributed by atoms with Crippen molar-refractivity contribution >= 4 is 29.3 Å². The van der Waals surface area contributed by atoms with Gasteiger partial charge in [0.05, 0.1) is 11.4 Å². The highest BCUT2D eigenvalue weighted by Crippen LogP contribution is 2.22. The van der Waals surface area contributed by atoms with E-state index >= 15 is 0 Å². The van der Waals surface area contributed by atoms with Gasteiger partial charge in [-0.1, -0.05) is 48.2 Å². The van der Waals surface area contributed by atoms with Crippen molar-refractivity contribution in [1.29, 1.82) is 0 Å². The normalized spacial score (nSPS) is 10.6. The van der Waals surface area contributed by atoms with Gasteiger partial charge in [-0.2, -0.15) is 0 Å². The molecule has 0 saturated heterocycles. The van der Waals surface area contributed by atoms with Gasteiger partial charge in [0.25, 0.3) is 5.91 Å². The molecule has 0 aliphatic carbocycles. The van der Waals surface area contributed by atoms with Crippen LogP contribution in [-0.2, 0) is 11.3 Å². The number of thioether (sulfide) groups is 1. The van der Waals surface area contributed by atoms with Crippen molar-refractivity contribution in [3.8, 4) is 5.69 Å². The molecule has 34 heavy (non-hydrogen) atoms. The first-order valence-electron chi connectivity index (χ1n) is 10.3. The quantitative estimate of drug-likeness (QED) is 0.357. The van der Waals surface area contributed by atoms with Crippen molar-refractivity contribution in [3.63, 3.8) is 0 Å². The Labute approximate surface area is 199 Å². The van der Waals surface area contributed by atoms with Crippen molar-refractivity contribution < 1.29 is 18.4 Å². The van der Waals surface area contributed by atoms with E-state index in [1.165, 1.54) is 30.0 Å². The molecule has 9 heteroatoms. The van der Waals surface area contributed by atoms with E-state index in [0.717, 1.165) is 0 Å². The van der Waals surface area contributed by atoms with Gasteiger partial charge in [-0.15, -0.1) is 0 Å². The number of anilines is 1. The van der Waals surface area contributed by atoms with Crippen molar-refractivity contribution in [2.75, 3.05) is 11.1 Å². The molecule has 0 fully saturated rings. The van der Waals surface area contributed by atoms with Crippen LogP contribution in [0.4, 0.5) is 14.5 Å². The summed E-state index contributed by atoms with van der Waals surface area (Å²) in [6.07, 6.45) is 3.30. The monoisotopic (exact) mass is 478 g/mol. The number of amides is 2. The Morgan fingerprint density at radius 2 is 1.71 bits per heavy atom. The van der Waals surface area contributed by atoms with E-state index < -0.39 is 5.82 Å². The average molecular weight is 479 g/mol. The lowest BCUT2D eigenvalue weighted by atomic mass is 10.1. The average Bonchev–Trinajstić information content (AvgIpc) is 3.32. The van der Waals surface area contributed by atoms with Crippen LogP contribution in [0.3, 0.4) is 0 Å². The molecule has 2 N–H and O–H groups in total. The number of benzene rings is 3. The Bertz CT molecular complexity index is 1330. The number of imidazole rings is 1. The number of hydrogen-bond acceptors (Lipinski definition) is 4. The number of halogens is 2. The summed E-state index contributed by atoms with van der Waals surface area (Å²) >= 11 is 1.18. The number of para-hydroxylation sites is 1. The van der Waals surface area contributed by atoms with Crippen LogP contribution in [0.1, 0.15) is 15.9 Å². The third kappa shape index (κ3) is 5.68. The summed E-state index contributed by atoms with van der Waals surface area (Å²) < 4.78 is 29.3. The fourth-order valence-electron chi connectivity index (χ4n) is 3.19. The Morgan fingerprint density at radius 3 is 2.50 bits per heavy atom. The standard InChI is InChI=1S/C25H20F2N4O2S/c26-20-9-2-1-6-18(20)15-29-24(33)17-7-5-8-19(14-17)31-13-12-28-25(31)34-16-23(32)30-22-11-4-3-10-21(22)27/h1-14H,15-16H2,(H,29,33)(H,30,32). The maximum atomic E-state index is 13.8. The van der Waals surface area contributed by atoms with Gasteiger partial charge in [-0.3, -0.25) is 14.2 Å². The number of nitrogens with zero attached hydrogens (tertiary/aromatic N) is 2. The molecule has 0 saturated carbocycles. The van der Waals surface area contributed by atoms with Gasteiger partial charge in [0.2, 0.25) is 5.91 Å². The summed E-state index contributed by atoms with van der Waals surface area (Å²) in [6.45, 7) is 0.0685. The molecule has 0 spiro atoms. The van der Waals surface area contributed by atoms with Crippen molar-refractivity contribution in [3.05, 3.63) is 108 Å². The first-order valence-corrected chi connectivity index (χ1v) is 11.3. The Hall–Kier alpha value is -3.98. The zero-order chi connectivity index (χ0) is 23.9. The molecule has 0 aliphatic heterocycles. The maximum absolute atomic E-state index is 13.8. The maximum Gasteiger partial charge on any atom is 0.251 e. The Balaban J connectivity index is 1.41. The molecule has 4 rings (SSSR count). The highest BCUT2D eigenvalue weighted by atomic mass is 32.2. The van der Waals surface area contributed by atoms with Crippen LogP contribution in [0.15, 0.2) is 90.3 Å². The van der Waals surface area contributed by atoms with Crippen LogP contribution < -0.4 is 10.6 Å². The lowest BCUT2D eigenvalue weighted by molar-refractivity contribution is -0.113. The van der Waals surface area contributed by atoms with E-state index in [1.54, 1.807) is 71.6 Å². The van der Waals surface area contributed by atoms with Gasteiger partial charge >= 0.3 is 0 Å². The van der Waals surface area contributed by atoms with Gasteiger partial charge in [0, 0.05) is 35.8 Å². The first kappa shape index (κ1) is 23.2. The smallest absolute Gasteiger partial charge is 0.251 e. The van der Waals surface area contributed by atoms with Crippen LogP contribution in [-0.4, -0.2) is 27.1 Å². The Kier molecular flexibility index (Phi) is 7.34. The first-order chi connectivity index (χ1) is 16.5. The predicted molar refractivity (Wildman–Crippen MR) is 127 cm³/mol. The summed E-state index contributed by atoms with van der Waals surface area (Å²) in [5.74, 6) is -1.58. The minimum Gasteiger partial charge on any atom is -0.348 e. The third-order valence-electron chi connectivity index (χ3n) is 4.87. The largest absolute Gasteiger partial charge is 0.348 e. The highest BCUT2D eigenvalue weighted by Gasteiger charge is 2.13. The van der Waals surface area contributed by atoms with Crippen LogP contribution in [0.2, 0.25) is 0 Å². The number of aromatic nitrogens is 2. The van der Waals surface area contributed by atoms with Crippen molar-refractivity contribution in [1.82, 2.24) is 14.9 Å². The fraction of sp³-hybridized carbons (Fsp3) is 0.0800. The number of carbonyl (C=O) groups excluding carboxylic acids is 2. The number of carbonyl (C=O) groups is 2. The molecule has 3 aromatic carbocycles. The van der Waals surface area contributed by atoms with Crippen LogP contribution in [0.25, 0.3) is 5.69 Å². The molecule has 1 aromatic heterocycles. The van der Waals surface area contributed by atoms with E-state index in [4.69, 9.17) is 0 Å². The number of nitrogens with one attached hydrogen (secondary N) is 2. The second-order valence-corrected chi connectivity index (χ2v) is 8.16. The second kappa shape index (κ2) is 10.8. The molecule has 6 nitrogen and oxygen atoms in total. The summed E-state index contributed by atoms with van der Waals surface area (Å²) in [5, 5.41) is 5.79. The molecule has 0 aliphatic rings. The lowest BCUT2D eigenvalue weighted by Crippen LogP contribution is -2.23. The fourth-order valence-corrected chi connectivity index (χ4v) is 3.96. The topological polar surface area (TPSA) is 76.0 Å². The molecular formula is C25H20F2N4O2S. The molecular weight excluding hydrogens is 458 g/mol. The minimum atomic E-state index is -0.507. The summed E-state index contributed by atoms with van der Waals surface area (Å²) in [6, 6.07) is 19.1. The van der Waals surface area contributed by atoms with E-state index in [1.807, 2.05) is 0 Å². The van der Waals surface area contributed by atoms with E-state index in [0.29, 0.717) is 22.0 Å². The zero-order valence-electron chi connectivity index (χ0n) is 17.9. The van der Waals surface area contributed by atoms with E-state index in [9.17, 15) is 18.4 Å². The highest BCUT2D eigenvalue weighted by molar-refractivity contribution is 7.99. The minimum absolute atomic E-state index is 0.0220. The molecule has 2 amide bonds. The lowest BCUT2D eigenvalue weighted by Gasteiger charge is -2.11. The van der Waals surface area contributed by atoms with Crippen LogP contribution in [0, 0.1) is 11.6 Å². The number of rotatable bonds is 8. The van der Waals surface area contributed by atoms with E-state index in [-0.39, 0.29) is 35.6 Å². The van der Waals surface area contributed by atoms with Gasteiger partial charge in [0.15, 0.2) is 5.16 Å². The second-order valence-electron chi connectivity index (χ2n) is 7.22. The molecule has 0 atom stereocenters. The number of hydrogen-bond donors (Lipinski definition) is 2. The summed E-state index contributed by atoms with van der Waals surface area (Å²) in [7, 11) is 0.